The zero-order valence-corrected chi connectivity index (χ0v) is 10.4. The van der Waals surface area contributed by atoms with Crippen LogP contribution in [0, 0.1) is 0 Å². The van der Waals surface area contributed by atoms with Crippen LogP contribution in [0.5, 0.6) is 0 Å². The van der Waals surface area contributed by atoms with E-state index < -0.39 is 0 Å². The molecule has 0 radical (unpaired) electrons. The van der Waals surface area contributed by atoms with E-state index in [9.17, 15) is 0 Å². The van der Waals surface area contributed by atoms with Gasteiger partial charge in [-0.15, -0.1) is 0 Å². The van der Waals surface area contributed by atoms with Gasteiger partial charge in [0.2, 0.25) is 0 Å². The lowest BCUT2D eigenvalue weighted by Gasteiger charge is -2.30. The van der Waals surface area contributed by atoms with Crippen molar-refractivity contribution in [2.24, 2.45) is 0 Å². The summed E-state index contributed by atoms with van der Waals surface area (Å²) in [5.74, 6) is 0. The molecule has 92 valence electrons. The molecule has 3 rings (SSSR count). The first-order valence-electron chi connectivity index (χ1n) is 6.98. The second-order valence-corrected chi connectivity index (χ2v) is 5.33. The predicted molar refractivity (Wildman–Crippen MR) is 71.1 cm³/mol. The molecule has 2 aliphatic rings. The lowest BCUT2D eigenvalue weighted by molar-refractivity contribution is 0.328. The molecule has 0 amide bonds. The maximum absolute atomic E-state index is 3.66. The predicted octanol–water partition coefficient (Wildman–Crippen LogP) is 2.41. The van der Waals surface area contributed by atoms with Crippen LogP contribution in [-0.2, 0) is 6.42 Å². The molecule has 1 aliphatic heterocycles. The Labute approximate surface area is 104 Å². The molecule has 1 aromatic rings. The summed E-state index contributed by atoms with van der Waals surface area (Å²) in [6.45, 7) is 2.28. The normalized spacial score (nSPS) is 24.1. The van der Waals surface area contributed by atoms with Crippen molar-refractivity contribution in [2.45, 2.75) is 44.2 Å². The molecule has 0 bridgehead atoms. The average molecular weight is 230 g/mol. The van der Waals surface area contributed by atoms with Crippen molar-refractivity contribution in [1.29, 1.82) is 0 Å². The topological polar surface area (TPSA) is 24.1 Å². The van der Waals surface area contributed by atoms with Crippen molar-refractivity contribution in [3.05, 3.63) is 35.4 Å². The summed E-state index contributed by atoms with van der Waals surface area (Å²) in [7, 11) is 0. The van der Waals surface area contributed by atoms with Gasteiger partial charge in [0.15, 0.2) is 0 Å². The van der Waals surface area contributed by atoms with Crippen LogP contribution in [0.4, 0.5) is 0 Å². The molecule has 2 N–H and O–H groups in total. The highest BCUT2D eigenvalue weighted by molar-refractivity contribution is 5.32. The van der Waals surface area contributed by atoms with Crippen LogP contribution < -0.4 is 10.6 Å². The van der Waals surface area contributed by atoms with Crippen molar-refractivity contribution in [1.82, 2.24) is 10.6 Å². The fourth-order valence-corrected chi connectivity index (χ4v) is 2.89. The summed E-state index contributed by atoms with van der Waals surface area (Å²) in [6.07, 6.45) is 6.59. The largest absolute Gasteiger partial charge is 0.314 e. The second-order valence-electron chi connectivity index (χ2n) is 5.33. The lowest BCUT2D eigenvalue weighted by atomic mass is 9.91. The van der Waals surface area contributed by atoms with E-state index in [2.05, 4.69) is 34.9 Å². The van der Waals surface area contributed by atoms with Gasteiger partial charge >= 0.3 is 0 Å². The third kappa shape index (κ3) is 2.53. The number of benzene rings is 1. The van der Waals surface area contributed by atoms with Gasteiger partial charge in [0, 0.05) is 12.1 Å². The summed E-state index contributed by atoms with van der Waals surface area (Å²) in [6, 6.07) is 10.3. The molecule has 0 saturated heterocycles. The van der Waals surface area contributed by atoms with Crippen LogP contribution in [0.25, 0.3) is 0 Å². The first-order chi connectivity index (χ1) is 8.43. The minimum absolute atomic E-state index is 0.563. The minimum atomic E-state index is 0.563. The van der Waals surface area contributed by atoms with Crippen molar-refractivity contribution in [2.75, 3.05) is 13.1 Å². The molecule has 2 heteroatoms. The van der Waals surface area contributed by atoms with Gasteiger partial charge in [-0.3, -0.25) is 0 Å². The molecule has 1 aromatic carbocycles. The Hall–Kier alpha value is -0.860. The second kappa shape index (κ2) is 5.19. The summed E-state index contributed by atoms with van der Waals surface area (Å²) in [5.41, 5.74) is 3.06. The first-order valence-corrected chi connectivity index (χ1v) is 6.98. The van der Waals surface area contributed by atoms with Crippen molar-refractivity contribution in [3.8, 4) is 0 Å². The Balaban J connectivity index is 1.56. The fourth-order valence-electron chi connectivity index (χ4n) is 2.89. The van der Waals surface area contributed by atoms with E-state index in [-0.39, 0.29) is 0 Å². The quantitative estimate of drug-likeness (QED) is 0.830. The highest BCUT2D eigenvalue weighted by Gasteiger charge is 2.20. The standard InChI is InChI=1S/C15H22N2/c1-2-7-14-12(4-1)8-10-17-15(14)9-11-16-13-5-3-6-13/h1-2,4,7,13,15-17H,3,5-6,8-11H2. The Morgan fingerprint density at radius 3 is 2.94 bits per heavy atom. The Bertz CT molecular complexity index is 371. The smallest absolute Gasteiger partial charge is 0.0335 e. The maximum atomic E-state index is 3.66. The van der Waals surface area contributed by atoms with Crippen LogP contribution in [-0.4, -0.2) is 19.1 Å². The summed E-state index contributed by atoms with van der Waals surface area (Å²) in [5, 5.41) is 7.30. The molecule has 2 nitrogen and oxygen atoms in total. The third-order valence-corrected chi connectivity index (χ3v) is 4.19. The molecule has 1 atom stereocenters. The van der Waals surface area contributed by atoms with Crippen molar-refractivity contribution >= 4 is 0 Å². The summed E-state index contributed by atoms with van der Waals surface area (Å²) in [4.78, 5) is 0. The summed E-state index contributed by atoms with van der Waals surface area (Å²) < 4.78 is 0. The van der Waals surface area contributed by atoms with Gasteiger partial charge in [0.05, 0.1) is 0 Å². The molecule has 1 unspecified atom stereocenters. The van der Waals surface area contributed by atoms with Crippen LogP contribution in [0.3, 0.4) is 0 Å². The lowest BCUT2D eigenvalue weighted by Crippen LogP contribution is -2.38. The average Bonchev–Trinajstić information content (AvgIpc) is 2.32. The van der Waals surface area contributed by atoms with Crippen LogP contribution in [0.15, 0.2) is 24.3 Å². The highest BCUT2D eigenvalue weighted by Crippen LogP contribution is 2.25. The Morgan fingerprint density at radius 1 is 1.24 bits per heavy atom. The van der Waals surface area contributed by atoms with E-state index in [1.807, 2.05) is 0 Å². The molecule has 17 heavy (non-hydrogen) atoms. The number of hydrogen-bond donors (Lipinski definition) is 2. The highest BCUT2D eigenvalue weighted by atomic mass is 15.0. The van der Waals surface area contributed by atoms with Gasteiger partial charge in [-0.05, 0) is 49.9 Å². The fraction of sp³-hybridized carbons (Fsp3) is 0.600. The number of fused-ring (bicyclic) bond motifs is 1. The van der Waals surface area contributed by atoms with Gasteiger partial charge in [0.25, 0.3) is 0 Å². The van der Waals surface area contributed by atoms with E-state index in [1.54, 1.807) is 5.56 Å². The monoisotopic (exact) mass is 230 g/mol. The molecule has 1 fully saturated rings. The zero-order chi connectivity index (χ0) is 11.5. The van der Waals surface area contributed by atoms with Gasteiger partial charge < -0.3 is 10.6 Å². The first kappa shape index (κ1) is 11.2. The van der Waals surface area contributed by atoms with Crippen LogP contribution >= 0.6 is 0 Å². The summed E-state index contributed by atoms with van der Waals surface area (Å²) >= 11 is 0. The van der Waals surface area contributed by atoms with Gasteiger partial charge in [-0.2, -0.15) is 0 Å². The van der Waals surface area contributed by atoms with Crippen LogP contribution in [0.1, 0.15) is 42.9 Å². The van der Waals surface area contributed by atoms with Crippen molar-refractivity contribution < 1.29 is 0 Å². The van der Waals surface area contributed by atoms with Gasteiger partial charge in [-0.25, -0.2) is 0 Å². The molecule has 0 aromatic heterocycles. The zero-order valence-electron chi connectivity index (χ0n) is 10.4. The molecule has 0 spiro atoms. The van der Waals surface area contributed by atoms with E-state index in [0.29, 0.717) is 6.04 Å². The van der Waals surface area contributed by atoms with E-state index >= 15 is 0 Å². The Kier molecular flexibility index (Phi) is 3.44. The number of hydrogen-bond acceptors (Lipinski definition) is 2. The maximum Gasteiger partial charge on any atom is 0.0335 e. The Morgan fingerprint density at radius 2 is 2.12 bits per heavy atom. The van der Waals surface area contributed by atoms with E-state index in [4.69, 9.17) is 0 Å². The van der Waals surface area contributed by atoms with Crippen molar-refractivity contribution in [3.63, 3.8) is 0 Å². The molecular formula is C15H22N2. The van der Waals surface area contributed by atoms with Gasteiger partial charge in [0.1, 0.15) is 0 Å². The number of rotatable bonds is 4. The van der Waals surface area contributed by atoms with Crippen LogP contribution in [0.2, 0.25) is 0 Å². The molecule has 1 heterocycles. The van der Waals surface area contributed by atoms with Gasteiger partial charge in [-0.1, -0.05) is 30.7 Å². The van der Waals surface area contributed by atoms with E-state index in [0.717, 1.165) is 19.1 Å². The van der Waals surface area contributed by atoms with E-state index in [1.165, 1.54) is 37.7 Å². The third-order valence-electron chi connectivity index (χ3n) is 4.19. The molecule has 1 aliphatic carbocycles. The molecule has 1 saturated carbocycles. The SMILES string of the molecule is c1ccc2c(c1)CCNC2CCNC1CCC1. The molecular weight excluding hydrogens is 208 g/mol. The number of nitrogens with one attached hydrogen (secondary N) is 2. The minimum Gasteiger partial charge on any atom is -0.314 e.